The number of phenols is 1. The number of rotatable bonds is 9. The average Bonchev–Trinajstić information content (AvgIpc) is 2.95. The van der Waals surface area contributed by atoms with E-state index < -0.39 is 41.9 Å². The number of azo groups is 1. The molecule has 0 atom stereocenters. The smallest absolute Gasteiger partial charge is 0.339 e. The predicted octanol–water partition coefficient (Wildman–Crippen LogP) is 5.19. The molecule has 16 heteroatoms. The van der Waals surface area contributed by atoms with Gasteiger partial charge in [0.25, 0.3) is 20.2 Å². The number of nitrogen functional groups attached to an aromatic ring is 1. The van der Waals surface area contributed by atoms with Crippen LogP contribution in [0.1, 0.15) is 5.56 Å². The summed E-state index contributed by atoms with van der Waals surface area (Å²) in [5.74, 6) is -1.51. The van der Waals surface area contributed by atoms with Crippen LogP contribution in [0.15, 0.2) is 105 Å². The number of nitrogens with zero attached hydrogens (tertiary/aromatic N) is 2. The molecule has 0 radical (unpaired) electrons. The zero-order valence-electron chi connectivity index (χ0n) is 22.6. The number of nitrogens with two attached hydrogens (primary N) is 1. The fourth-order valence-electron chi connectivity index (χ4n) is 4.49. The van der Waals surface area contributed by atoms with Crippen molar-refractivity contribution < 1.29 is 43.3 Å². The lowest BCUT2D eigenvalue weighted by Gasteiger charge is -2.13. The molecular weight excluding hydrogens is 635 g/mol. The van der Waals surface area contributed by atoms with Crippen molar-refractivity contribution in [2.24, 2.45) is 10.2 Å². The standard InChI is InChI=1S/C28H23N3O10S3/c1-40-43(36,37)21-14-19-10-11-23(28(29)27(19)24(32)15-21)31-30-22-9-5-6-18-12-17(16-42(33,34)35)13-25(26(18)22)41-44(38,39)20-7-3-2-4-8-20/h2-15,32H,16,29H2,1H3,(H,33,34,35). The molecule has 0 aliphatic carbocycles. The van der Waals surface area contributed by atoms with Crippen molar-refractivity contribution in [1.29, 1.82) is 0 Å². The number of hydrogen-bond donors (Lipinski definition) is 3. The highest BCUT2D eigenvalue weighted by molar-refractivity contribution is 7.87. The molecule has 5 aromatic carbocycles. The van der Waals surface area contributed by atoms with E-state index in [4.69, 9.17) is 9.92 Å². The Hall–Kier alpha value is -4.61. The summed E-state index contributed by atoms with van der Waals surface area (Å²) in [7, 11) is -12.0. The van der Waals surface area contributed by atoms with Gasteiger partial charge in [-0.05, 0) is 58.8 Å². The number of aromatic hydroxyl groups is 1. The molecule has 0 heterocycles. The second-order valence-corrected chi connectivity index (χ2v) is 14.1. The highest BCUT2D eigenvalue weighted by Crippen LogP contribution is 2.41. The van der Waals surface area contributed by atoms with Crippen molar-refractivity contribution in [2.75, 3.05) is 12.8 Å². The molecule has 0 aromatic heterocycles. The van der Waals surface area contributed by atoms with Gasteiger partial charge in [-0.3, -0.25) is 8.74 Å². The number of hydrogen-bond acceptors (Lipinski definition) is 12. The molecule has 13 nitrogen and oxygen atoms in total. The van der Waals surface area contributed by atoms with Crippen molar-refractivity contribution in [3.63, 3.8) is 0 Å². The summed E-state index contributed by atoms with van der Waals surface area (Å²) in [5.41, 5.74) is 6.50. The lowest BCUT2D eigenvalue weighted by atomic mass is 10.0. The van der Waals surface area contributed by atoms with E-state index in [9.17, 15) is 34.9 Å². The summed E-state index contributed by atoms with van der Waals surface area (Å²) < 4.78 is 93.1. The van der Waals surface area contributed by atoms with E-state index in [1.54, 1.807) is 18.2 Å². The van der Waals surface area contributed by atoms with Gasteiger partial charge >= 0.3 is 10.1 Å². The summed E-state index contributed by atoms with van der Waals surface area (Å²) in [6, 6.07) is 19.7. The summed E-state index contributed by atoms with van der Waals surface area (Å²) in [5, 5.41) is 19.9. The van der Waals surface area contributed by atoms with Crippen LogP contribution in [0.25, 0.3) is 21.5 Å². The zero-order chi connectivity index (χ0) is 31.9. The molecule has 0 saturated carbocycles. The van der Waals surface area contributed by atoms with Gasteiger partial charge in [0, 0.05) is 11.5 Å². The highest BCUT2D eigenvalue weighted by Gasteiger charge is 2.22. The molecule has 0 aliphatic heterocycles. The van der Waals surface area contributed by atoms with Crippen LogP contribution in [0, 0.1) is 0 Å². The van der Waals surface area contributed by atoms with Gasteiger partial charge < -0.3 is 15.0 Å². The summed E-state index contributed by atoms with van der Waals surface area (Å²) in [6.45, 7) is 0. The maximum atomic E-state index is 13.1. The number of benzene rings is 5. The van der Waals surface area contributed by atoms with Crippen molar-refractivity contribution >= 4 is 69.0 Å². The van der Waals surface area contributed by atoms with E-state index in [1.165, 1.54) is 60.7 Å². The Balaban J connectivity index is 1.64. The van der Waals surface area contributed by atoms with Gasteiger partial charge in [-0.1, -0.05) is 36.4 Å². The third kappa shape index (κ3) is 6.34. The van der Waals surface area contributed by atoms with Gasteiger partial charge in [0.1, 0.15) is 22.1 Å². The molecule has 5 rings (SSSR count). The van der Waals surface area contributed by atoms with Gasteiger partial charge in [0.15, 0.2) is 5.75 Å². The quantitative estimate of drug-likeness (QED) is 0.0812. The molecule has 0 unspecified atom stereocenters. The first-order chi connectivity index (χ1) is 20.7. The Kier molecular flexibility index (Phi) is 8.04. The van der Waals surface area contributed by atoms with E-state index in [0.29, 0.717) is 5.39 Å². The number of phenolic OH excluding ortho intramolecular Hbond substituents is 1. The Morgan fingerprint density at radius 2 is 1.41 bits per heavy atom. The summed E-state index contributed by atoms with van der Waals surface area (Å²) in [6.07, 6.45) is 0. The molecule has 0 fully saturated rings. The monoisotopic (exact) mass is 657 g/mol. The normalized spacial score (nSPS) is 12.7. The highest BCUT2D eigenvalue weighted by atomic mass is 32.2. The molecule has 0 amide bonds. The van der Waals surface area contributed by atoms with Gasteiger partial charge in [-0.25, -0.2) is 0 Å². The summed E-state index contributed by atoms with van der Waals surface area (Å²) in [4.78, 5) is -0.432. The van der Waals surface area contributed by atoms with Crippen LogP contribution in [-0.4, -0.2) is 42.0 Å². The van der Waals surface area contributed by atoms with Crippen LogP contribution >= 0.6 is 0 Å². The first-order valence-corrected chi connectivity index (χ1v) is 16.9. The number of anilines is 1. The molecular formula is C28H23N3O10S3. The molecule has 0 spiro atoms. The number of fused-ring (bicyclic) bond motifs is 2. The van der Waals surface area contributed by atoms with Crippen LogP contribution in [0.2, 0.25) is 0 Å². The fraction of sp³-hybridized carbons (Fsp3) is 0.0714. The minimum Gasteiger partial charge on any atom is -0.507 e. The fourth-order valence-corrected chi connectivity index (χ4v) is 6.76. The Morgan fingerprint density at radius 1 is 0.727 bits per heavy atom. The Morgan fingerprint density at radius 3 is 2.09 bits per heavy atom. The minimum atomic E-state index is -4.48. The van der Waals surface area contributed by atoms with Crippen LogP contribution in [-0.2, 0) is 40.3 Å². The van der Waals surface area contributed by atoms with Crippen molar-refractivity contribution in [3.05, 3.63) is 90.5 Å². The first-order valence-electron chi connectivity index (χ1n) is 12.5. The molecule has 228 valence electrons. The van der Waals surface area contributed by atoms with Crippen LogP contribution in [0.4, 0.5) is 17.1 Å². The van der Waals surface area contributed by atoms with E-state index in [1.807, 2.05) is 0 Å². The van der Waals surface area contributed by atoms with E-state index in [-0.39, 0.29) is 54.3 Å². The predicted molar refractivity (Wildman–Crippen MR) is 162 cm³/mol. The lowest BCUT2D eigenvalue weighted by molar-refractivity contribution is 0.397. The molecule has 0 aliphatic rings. The van der Waals surface area contributed by atoms with Crippen LogP contribution in [0.3, 0.4) is 0 Å². The second-order valence-electron chi connectivity index (χ2n) is 9.41. The minimum absolute atomic E-state index is 0.0241. The molecule has 0 bridgehead atoms. The maximum absolute atomic E-state index is 13.1. The molecule has 4 N–H and O–H groups in total. The third-order valence-corrected chi connectivity index (χ3v) is 9.62. The topological polar surface area (TPSA) is 212 Å². The molecule has 5 aromatic rings. The van der Waals surface area contributed by atoms with Crippen molar-refractivity contribution in [3.8, 4) is 11.5 Å². The SMILES string of the molecule is COS(=O)(=O)c1cc(O)c2c(N)c(N=Nc3cccc4cc(CS(=O)(=O)O)cc(OS(=O)(=O)c5ccccc5)c34)ccc2c1. The maximum Gasteiger partial charge on any atom is 0.339 e. The van der Waals surface area contributed by atoms with E-state index in [0.717, 1.165) is 13.2 Å². The van der Waals surface area contributed by atoms with Gasteiger partial charge in [-0.2, -0.15) is 25.3 Å². The Bertz CT molecular complexity index is 2290. The average molecular weight is 658 g/mol. The third-order valence-electron chi connectivity index (χ3n) is 6.42. The molecule has 44 heavy (non-hydrogen) atoms. The van der Waals surface area contributed by atoms with Crippen LogP contribution in [0.5, 0.6) is 11.5 Å². The van der Waals surface area contributed by atoms with Crippen molar-refractivity contribution in [2.45, 2.75) is 15.5 Å². The van der Waals surface area contributed by atoms with Gasteiger partial charge in [0.05, 0.1) is 28.8 Å². The molecule has 0 saturated heterocycles. The second kappa shape index (κ2) is 11.5. The Labute approximate surface area is 252 Å². The largest absolute Gasteiger partial charge is 0.507 e. The van der Waals surface area contributed by atoms with E-state index >= 15 is 0 Å². The van der Waals surface area contributed by atoms with Gasteiger partial charge in [-0.15, -0.1) is 10.2 Å². The van der Waals surface area contributed by atoms with Gasteiger partial charge in [0.2, 0.25) is 0 Å². The first kappa shape index (κ1) is 30.8. The van der Waals surface area contributed by atoms with Crippen molar-refractivity contribution in [1.82, 2.24) is 0 Å². The zero-order valence-corrected chi connectivity index (χ0v) is 25.1. The van der Waals surface area contributed by atoms with Crippen LogP contribution < -0.4 is 9.92 Å². The lowest BCUT2D eigenvalue weighted by Crippen LogP contribution is -2.10. The summed E-state index contributed by atoms with van der Waals surface area (Å²) >= 11 is 0. The van der Waals surface area contributed by atoms with E-state index in [2.05, 4.69) is 14.4 Å².